The number of rotatable bonds is 0. The first-order valence-electron chi connectivity index (χ1n) is 3.51. The Kier molecular flexibility index (Phi) is 0.677. The summed E-state index contributed by atoms with van der Waals surface area (Å²) in [4.78, 5) is 0. The van der Waals surface area contributed by atoms with Gasteiger partial charge in [0.1, 0.15) is 0 Å². The fourth-order valence-electron chi connectivity index (χ4n) is 2.09. The molecule has 2 aliphatic carbocycles. The van der Waals surface area contributed by atoms with Crippen LogP contribution in [0.4, 0.5) is 0 Å². The minimum absolute atomic E-state index is 0.944. The molecule has 0 radical (unpaired) electrons. The van der Waals surface area contributed by atoms with Crippen molar-refractivity contribution in [3.8, 4) is 0 Å². The van der Waals surface area contributed by atoms with Gasteiger partial charge in [-0.1, -0.05) is 18.1 Å². The van der Waals surface area contributed by atoms with Crippen molar-refractivity contribution in [2.75, 3.05) is 0 Å². The van der Waals surface area contributed by atoms with Crippen molar-refractivity contribution in [1.29, 1.82) is 0 Å². The number of hydrogen-bond acceptors (Lipinski definition) is 0. The molecule has 0 heterocycles. The van der Waals surface area contributed by atoms with Gasteiger partial charge in [0.25, 0.3) is 0 Å². The Hall–Kier alpha value is -0.260. The van der Waals surface area contributed by atoms with Crippen LogP contribution in [0, 0.1) is 11.8 Å². The highest BCUT2D eigenvalue weighted by molar-refractivity contribution is 5.43. The van der Waals surface area contributed by atoms with Gasteiger partial charge in [0.2, 0.25) is 0 Å². The lowest BCUT2D eigenvalue weighted by atomic mass is 10.1. The van der Waals surface area contributed by atoms with Gasteiger partial charge in [-0.3, -0.25) is 0 Å². The molecule has 2 atom stereocenters. The zero-order valence-corrected chi connectivity index (χ0v) is 5.57. The first-order valence-corrected chi connectivity index (χ1v) is 3.51. The van der Waals surface area contributed by atoms with Crippen molar-refractivity contribution in [3.63, 3.8) is 0 Å². The van der Waals surface area contributed by atoms with Crippen LogP contribution in [-0.4, -0.2) is 0 Å². The standard InChI is InChI=1S/C8H12/c1-5-3-4-7-6(2)8(5)7/h5,7H,3-4H2,1-2H3. The van der Waals surface area contributed by atoms with E-state index in [0.29, 0.717) is 0 Å². The highest BCUT2D eigenvalue weighted by Crippen LogP contribution is 2.54. The van der Waals surface area contributed by atoms with Gasteiger partial charge in [0, 0.05) is 5.92 Å². The van der Waals surface area contributed by atoms with E-state index in [9.17, 15) is 0 Å². The van der Waals surface area contributed by atoms with Crippen LogP contribution in [0.25, 0.3) is 0 Å². The third kappa shape index (κ3) is 0.367. The summed E-state index contributed by atoms with van der Waals surface area (Å²) < 4.78 is 0. The highest BCUT2D eigenvalue weighted by Gasteiger charge is 2.40. The largest absolute Gasteiger partial charge is 0.0661 e. The van der Waals surface area contributed by atoms with E-state index in [-0.39, 0.29) is 0 Å². The Labute approximate surface area is 50.6 Å². The Bertz CT molecular complexity index is 153. The predicted molar refractivity (Wildman–Crippen MR) is 34.6 cm³/mol. The van der Waals surface area contributed by atoms with Crippen molar-refractivity contribution >= 4 is 0 Å². The Morgan fingerprint density at radius 2 is 2.12 bits per heavy atom. The summed E-state index contributed by atoms with van der Waals surface area (Å²) in [7, 11) is 0. The van der Waals surface area contributed by atoms with E-state index in [1.165, 1.54) is 12.8 Å². The summed E-state index contributed by atoms with van der Waals surface area (Å²) in [5.41, 5.74) is 3.51. The second kappa shape index (κ2) is 1.18. The van der Waals surface area contributed by atoms with Gasteiger partial charge in [0.05, 0.1) is 0 Å². The number of allylic oxidation sites excluding steroid dienone is 2. The van der Waals surface area contributed by atoms with Gasteiger partial charge < -0.3 is 0 Å². The molecular weight excluding hydrogens is 96.1 g/mol. The molecule has 0 heteroatoms. The van der Waals surface area contributed by atoms with E-state index in [1.54, 1.807) is 11.1 Å². The quantitative estimate of drug-likeness (QED) is 0.418. The van der Waals surface area contributed by atoms with E-state index in [2.05, 4.69) is 13.8 Å². The van der Waals surface area contributed by atoms with Crippen molar-refractivity contribution in [3.05, 3.63) is 11.1 Å². The Morgan fingerprint density at radius 3 is 2.38 bits per heavy atom. The molecule has 1 fully saturated rings. The van der Waals surface area contributed by atoms with Gasteiger partial charge in [-0.05, 0) is 25.7 Å². The molecule has 1 saturated carbocycles. The van der Waals surface area contributed by atoms with E-state index in [1.807, 2.05) is 0 Å². The van der Waals surface area contributed by atoms with E-state index < -0.39 is 0 Å². The molecule has 0 bridgehead atoms. The topological polar surface area (TPSA) is 0 Å². The van der Waals surface area contributed by atoms with Gasteiger partial charge in [-0.15, -0.1) is 0 Å². The maximum absolute atomic E-state index is 2.35. The third-order valence-electron chi connectivity index (χ3n) is 2.69. The summed E-state index contributed by atoms with van der Waals surface area (Å²) >= 11 is 0. The molecule has 0 saturated heterocycles. The SMILES string of the molecule is CC1=C2C(C)CCC12. The Morgan fingerprint density at radius 1 is 1.38 bits per heavy atom. The highest BCUT2D eigenvalue weighted by atomic mass is 14.5. The maximum Gasteiger partial charge on any atom is 0.00128 e. The van der Waals surface area contributed by atoms with Crippen LogP contribution in [0.15, 0.2) is 11.1 Å². The van der Waals surface area contributed by atoms with Crippen molar-refractivity contribution < 1.29 is 0 Å². The van der Waals surface area contributed by atoms with Gasteiger partial charge >= 0.3 is 0 Å². The predicted octanol–water partition coefficient (Wildman–Crippen LogP) is 2.36. The van der Waals surface area contributed by atoms with E-state index >= 15 is 0 Å². The molecule has 0 aromatic carbocycles. The summed E-state index contributed by atoms with van der Waals surface area (Å²) in [5.74, 6) is 1.94. The lowest BCUT2D eigenvalue weighted by Gasteiger charge is -1.95. The van der Waals surface area contributed by atoms with Crippen LogP contribution in [-0.2, 0) is 0 Å². The zero-order valence-electron chi connectivity index (χ0n) is 5.57. The third-order valence-corrected chi connectivity index (χ3v) is 2.69. The van der Waals surface area contributed by atoms with Crippen molar-refractivity contribution in [2.24, 2.45) is 11.8 Å². The van der Waals surface area contributed by atoms with E-state index in [4.69, 9.17) is 0 Å². The fourth-order valence-corrected chi connectivity index (χ4v) is 2.09. The minimum atomic E-state index is 0.944. The lowest BCUT2D eigenvalue weighted by Crippen LogP contribution is -1.82. The summed E-state index contributed by atoms with van der Waals surface area (Å²) in [6.07, 6.45) is 2.92. The molecule has 0 aromatic rings. The average molecular weight is 108 g/mol. The monoisotopic (exact) mass is 108 g/mol. The first kappa shape index (κ1) is 4.60. The molecule has 2 rings (SSSR count). The summed E-state index contributed by atoms with van der Waals surface area (Å²) in [5, 5.41) is 0. The molecule has 0 N–H and O–H groups in total. The maximum atomic E-state index is 2.35. The van der Waals surface area contributed by atoms with Crippen LogP contribution in [0.3, 0.4) is 0 Å². The molecule has 8 heavy (non-hydrogen) atoms. The minimum Gasteiger partial charge on any atom is -0.0661 e. The van der Waals surface area contributed by atoms with Gasteiger partial charge in [-0.2, -0.15) is 0 Å². The molecule has 0 amide bonds. The smallest absolute Gasteiger partial charge is 0.00128 e. The van der Waals surface area contributed by atoms with Crippen LogP contribution < -0.4 is 0 Å². The van der Waals surface area contributed by atoms with Crippen LogP contribution >= 0.6 is 0 Å². The summed E-state index contributed by atoms with van der Waals surface area (Å²) in [6, 6.07) is 0. The fraction of sp³-hybridized carbons (Fsp3) is 0.750. The molecule has 2 aliphatic rings. The molecular formula is C8H12. The normalized spacial score (nSPS) is 42.8. The summed E-state index contributed by atoms with van der Waals surface area (Å²) in [6.45, 7) is 4.64. The van der Waals surface area contributed by atoms with Gasteiger partial charge in [0.15, 0.2) is 0 Å². The zero-order chi connectivity index (χ0) is 5.72. The lowest BCUT2D eigenvalue weighted by molar-refractivity contribution is 0.668. The first-order chi connectivity index (χ1) is 3.80. The van der Waals surface area contributed by atoms with Crippen LogP contribution in [0.2, 0.25) is 0 Å². The molecule has 0 aliphatic heterocycles. The van der Waals surface area contributed by atoms with E-state index in [0.717, 1.165) is 11.8 Å². The molecule has 0 spiro atoms. The van der Waals surface area contributed by atoms with Crippen molar-refractivity contribution in [1.82, 2.24) is 0 Å². The molecule has 2 unspecified atom stereocenters. The second-order valence-corrected chi connectivity index (χ2v) is 3.17. The molecule has 44 valence electrons. The van der Waals surface area contributed by atoms with Crippen LogP contribution in [0.5, 0.6) is 0 Å². The molecule has 0 nitrogen and oxygen atoms in total. The average Bonchev–Trinajstić information content (AvgIpc) is 2.13. The van der Waals surface area contributed by atoms with Gasteiger partial charge in [-0.25, -0.2) is 0 Å². The second-order valence-electron chi connectivity index (χ2n) is 3.17. The molecule has 0 aromatic heterocycles. The Balaban J connectivity index is 2.23. The number of hydrogen-bond donors (Lipinski definition) is 0. The van der Waals surface area contributed by atoms with Crippen LogP contribution in [0.1, 0.15) is 26.7 Å². The number of fused-ring (bicyclic) bond motifs is 1. The van der Waals surface area contributed by atoms with Crippen molar-refractivity contribution in [2.45, 2.75) is 26.7 Å².